The molecule has 0 aliphatic heterocycles. The molecule has 1 amide bonds. The highest BCUT2D eigenvalue weighted by molar-refractivity contribution is 6.42. The van der Waals surface area contributed by atoms with Crippen LogP contribution in [0.5, 0.6) is 5.75 Å². The molecule has 6 nitrogen and oxygen atoms in total. The van der Waals surface area contributed by atoms with E-state index in [4.69, 9.17) is 27.6 Å². The van der Waals surface area contributed by atoms with Gasteiger partial charge in [0.05, 0.1) is 15.7 Å². The standard InChI is InChI=1S/C22H15Cl2N3O3/c23-18-9-7-15(11-19(18)24)25-21(29)17-10-13-6-8-16(28)12-20(13)30-22(17)27-26-14-4-2-1-3-5-14/h1-12,26,28H,(H,25,29)/b27-22-. The maximum Gasteiger partial charge on any atom is 0.261 e. The van der Waals surface area contributed by atoms with Crippen molar-refractivity contribution in [2.45, 2.75) is 0 Å². The molecule has 150 valence electrons. The second-order valence-corrected chi connectivity index (χ2v) is 7.17. The number of anilines is 2. The average molecular weight is 440 g/mol. The summed E-state index contributed by atoms with van der Waals surface area (Å²) in [6, 6.07) is 20.3. The Balaban J connectivity index is 1.76. The predicted molar refractivity (Wildman–Crippen MR) is 118 cm³/mol. The predicted octanol–water partition coefficient (Wildman–Crippen LogP) is 5.63. The maximum absolute atomic E-state index is 13.0. The van der Waals surface area contributed by atoms with E-state index < -0.39 is 5.91 Å². The fraction of sp³-hybridized carbons (Fsp3) is 0. The van der Waals surface area contributed by atoms with E-state index in [0.717, 1.165) is 5.69 Å². The van der Waals surface area contributed by atoms with Gasteiger partial charge in [0.25, 0.3) is 5.91 Å². The Bertz CT molecular complexity index is 1300. The number of phenols is 1. The van der Waals surface area contributed by atoms with E-state index in [1.165, 1.54) is 12.1 Å². The van der Waals surface area contributed by atoms with E-state index >= 15 is 0 Å². The molecule has 0 unspecified atom stereocenters. The summed E-state index contributed by atoms with van der Waals surface area (Å²) in [5.41, 5.74) is 4.69. The number of aromatic hydroxyl groups is 1. The van der Waals surface area contributed by atoms with Gasteiger partial charge in [-0.25, -0.2) is 0 Å². The molecule has 8 heteroatoms. The lowest BCUT2D eigenvalue weighted by Crippen LogP contribution is -2.22. The number of hydrogen-bond donors (Lipinski definition) is 3. The van der Waals surface area contributed by atoms with Crippen molar-refractivity contribution in [1.29, 1.82) is 0 Å². The summed E-state index contributed by atoms with van der Waals surface area (Å²) in [6.45, 7) is 0. The zero-order chi connectivity index (χ0) is 21.1. The quantitative estimate of drug-likeness (QED) is 0.359. The summed E-state index contributed by atoms with van der Waals surface area (Å²) in [6.07, 6.45) is 0. The molecule has 3 N–H and O–H groups in total. The van der Waals surface area contributed by atoms with E-state index in [9.17, 15) is 9.90 Å². The van der Waals surface area contributed by atoms with E-state index in [-0.39, 0.29) is 16.9 Å². The molecular formula is C22H15Cl2N3O3. The van der Waals surface area contributed by atoms with E-state index in [2.05, 4.69) is 15.8 Å². The Morgan fingerprint density at radius 1 is 0.900 bits per heavy atom. The topological polar surface area (TPSA) is 86.9 Å². The minimum absolute atomic E-state index is 0.0428. The van der Waals surface area contributed by atoms with Crippen LogP contribution in [0.4, 0.5) is 11.4 Å². The molecule has 4 rings (SSSR count). The van der Waals surface area contributed by atoms with E-state index in [1.54, 1.807) is 30.3 Å². The highest BCUT2D eigenvalue weighted by Crippen LogP contribution is 2.25. The lowest BCUT2D eigenvalue weighted by Gasteiger charge is -2.08. The molecule has 4 aromatic rings. The zero-order valence-corrected chi connectivity index (χ0v) is 16.9. The number of carbonyl (C=O) groups excluding carboxylic acids is 1. The van der Waals surface area contributed by atoms with Crippen molar-refractivity contribution < 1.29 is 14.3 Å². The minimum Gasteiger partial charge on any atom is -0.508 e. The van der Waals surface area contributed by atoms with Crippen molar-refractivity contribution >= 4 is 51.5 Å². The van der Waals surface area contributed by atoms with Crippen LogP contribution < -0.4 is 16.3 Å². The SMILES string of the molecule is O=C(Nc1ccc(Cl)c(Cl)c1)c1cc2ccc(O)cc2o/c1=N\Nc1ccccc1. The number of phenolic OH excluding ortho intramolecular Hbond substituents is 1. The normalized spacial score (nSPS) is 11.5. The lowest BCUT2D eigenvalue weighted by molar-refractivity contribution is 0.102. The summed E-state index contributed by atoms with van der Waals surface area (Å²) in [5.74, 6) is -0.401. The van der Waals surface area contributed by atoms with Gasteiger partial charge < -0.3 is 14.8 Å². The third kappa shape index (κ3) is 4.40. The molecule has 0 bridgehead atoms. The van der Waals surface area contributed by atoms with Crippen molar-refractivity contribution in [3.63, 3.8) is 0 Å². The first-order valence-corrected chi connectivity index (χ1v) is 9.63. The Morgan fingerprint density at radius 3 is 2.47 bits per heavy atom. The third-order valence-corrected chi connectivity index (χ3v) is 4.96. The molecule has 0 aliphatic carbocycles. The maximum atomic E-state index is 13.0. The first-order valence-electron chi connectivity index (χ1n) is 8.88. The van der Waals surface area contributed by atoms with Gasteiger partial charge in [-0.15, -0.1) is 5.10 Å². The number of rotatable bonds is 4. The number of nitrogens with zero attached hydrogens (tertiary/aromatic N) is 1. The van der Waals surface area contributed by atoms with Gasteiger partial charge in [-0.2, -0.15) is 0 Å². The van der Waals surface area contributed by atoms with Gasteiger partial charge in [-0.3, -0.25) is 10.2 Å². The fourth-order valence-corrected chi connectivity index (χ4v) is 3.05. The summed E-state index contributed by atoms with van der Waals surface area (Å²) in [4.78, 5) is 13.0. The van der Waals surface area contributed by atoms with Gasteiger partial charge >= 0.3 is 0 Å². The van der Waals surface area contributed by atoms with Crippen LogP contribution in [0, 0.1) is 0 Å². The highest BCUT2D eigenvalue weighted by atomic mass is 35.5. The van der Waals surface area contributed by atoms with Crippen molar-refractivity contribution in [2.75, 3.05) is 10.7 Å². The highest BCUT2D eigenvalue weighted by Gasteiger charge is 2.14. The Labute approximate surface area is 181 Å². The van der Waals surface area contributed by atoms with Crippen LogP contribution in [-0.2, 0) is 0 Å². The fourth-order valence-electron chi connectivity index (χ4n) is 2.75. The number of amides is 1. The molecule has 0 atom stereocenters. The summed E-state index contributed by atoms with van der Waals surface area (Å²) >= 11 is 12.0. The molecule has 0 saturated heterocycles. The molecule has 1 heterocycles. The Kier molecular flexibility index (Phi) is 5.61. The molecule has 30 heavy (non-hydrogen) atoms. The van der Waals surface area contributed by atoms with Crippen molar-refractivity contribution in [3.8, 4) is 5.75 Å². The molecule has 1 aromatic heterocycles. The number of halogens is 2. The monoisotopic (exact) mass is 439 g/mol. The molecule has 0 aliphatic rings. The van der Waals surface area contributed by atoms with E-state index in [0.29, 0.717) is 26.7 Å². The number of hydrogen-bond acceptors (Lipinski definition) is 5. The van der Waals surface area contributed by atoms with Crippen LogP contribution in [0.1, 0.15) is 10.4 Å². The van der Waals surface area contributed by atoms with Crippen LogP contribution in [-0.4, -0.2) is 11.0 Å². The zero-order valence-electron chi connectivity index (χ0n) is 15.4. The van der Waals surface area contributed by atoms with Gasteiger partial charge in [0.15, 0.2) is 0 Å². The minimum atomic E-state index is -0.444. The van der Waals surface area contributed by atoms with Crippen LogP contribution in [0.15, 0.2) is 82.3 Å². The number of nitrogens with one attached hydrogen (secondary N) is 2. The van der Waals surface area contributed by atoms with Crippen molar-refractivity contribution in [2.24, 2.45) is 5.10 Å². The summed E-state index contributed by atoms with van der Waals surface area (Å²) in [7, 11) is 0. The van der Waals surface area contributed by atoms with Crippen molar-refractivity contribution in [1.82, 2.24) is 0 Å². The number of benzene rings is 3. The Hall–Kier alpha value is -3.48. The van der Waals surface area contributed by atoms with Crippen LogP contribution in [0.25, 0.3) is 11.0 Å². The largest absolute Gasteiger partial charge is 0.508 e. The molecule has 0 radical (unpaired) electrons. The van der Waals surface area contributed by atoms with Gasteiger partial charge in [0.1, 0.15) is 16.9 Å². The van der Waals surface area contributed by atoms with Crippen LogP contribution in [0.2, 0.25) is 10.0 Å². The van der Waals surface area contributed by atoms with Gasteiger partial charge in [-0.05, 0) is 48.5 Å². The Morgan fingerprint density at radius 2 is 1.70 bits per heavy atom. The molecule has 0 fully saturated rings. The molecule has 0 spiro atoms. The van der Waals surface area contributed by atoms with Gasteiger partial charge in [-0.1, -0.05) is 41.4 Å². The summed E-state index contributed by atoms with van der Waals surface area (Å²) in [5, 5.41) is 18.1. The molecular weight excluding hydrogens is 425 g/mol. The number of carbonyl (C=O) groups is 1. The summed E-state index contributed by atoms with van der Waals surface area (Å²) < 4.78 is 5.80. The smallest absolute Gasteiger partial charge is 0.261 e. The van der Waals surface area contributed by atoms with Crippen LogP contribution >= 0.6 is 23.2 Å². The lowest BCUT2D eigenvalue weighted by atomic mass is 10.1. The molecule has 0 saturated carbocycles. The first-order chi connectivity index (χ1) is 14.5. The second-order valence-electron chi connectivity index (χ2n) is 6.36. The van der Waals surface area contributed by atoms with E-state index in [1.807, 2.05) is 30.3 Å². The first kappa shape index (κ1) is 19.8. The number of fused-ring (bicyclic) bond motifs is 1. The number of para-hydroxylation sites is 1. The van der Waals surface area contributed by atoms with Crippen LogP contribution in [0.3, 0.4) is 0 Å². The van der Waals surface area contributed by atoms with Gasteiger partial charge in [0.2, 0.25) is 5.55 Å². The average Bonchev–Trinajstić information content (AvgIpc) is 2.75. The van der Waals surface area contributed by atoms with Crippen molar-refractivity contribution in [3.05, 3.63) is 94.0 Å². The third-order valence-electron chi connectivity index (χ3n) is 4.22. The second kappa shape index (κ2) is 8.49. The van der Waals surface area contributed by atoms with Gasteiger partial charge in [0, 0.05) is 17.1 Å². The molecule has 3 aromatic carbocycles.